The topological polar surface area (TPSA) is 73.5 Å². The van der Waals surface area contributed by atoms with E-state index in [1.54, 1.807) is 6.07 Å². The predicted molar refractivity (Wildman–Crippen MR) is 93.9 cm³/mol. The second-order valence-corrected chi connectivity index (χ2v) is 7.00. The van der Waals surface area contributed by atoms with Crippen molar-refractivity contribution in [3.8, 4) is 0 Å². The van der Waals surface area contributed by atoms with Crippen LogP contribution in [0.25, 0.3) is 0 Å². The van der Waals surface area contributed by atoms with E-state index >= 15 is 0 Å². The molecule has 3 rings (SSSR count). The van der Waals surface area contributed by atoms with Crippen molar-refractivity contribution in [2.75, 3.05) is 25.0 Å². The molecule has 3 unspecified atom stereocenters. The van der Waals surface area contributed by atoms with Crippen LogP contribution in [0.3, 0.4) is 0 Å². The third-order valence-corrected chi connectivity index (χ3v) is 5.17. The molecule has 0 aliphatic carbocycles. The van der Waals surface area contributed by atoms with Crippen LogP contribution in [0.15, 0.2) is 18.2 Å². The Morgan fingerprint density at radius 3 is 3.04 bits per heavy atom. The van der Waals surface area contributed by atoms with E-state index in [-0.39, 0.29) is 36.5 Å². The molecule has 0 spiro atoms. The Kier molecular flexibility index (Phi) is 5.08. The van der Waals surface area contributed by atoms with Crippen LogP contribution in [0.1, 0.15) is 18.9 Å². The molecule has 3 atom stereocenters. The smallest absolute Gasteiger partial charge is 0.238 e. The molecule has 0 radical (unpaired) electrons. The molecule has 1 aromatic carbocycles. The average Bonchev–Trinajstić information content (AvgIpc) is 2.52. The number of halogens is 1. The highest BCUT2D eigenvalue weighted by molar-refractivity contribution is 6.31. The second-order valence-electron chi connectivity index (χ2n) is 6.59. The molecule has 130 valence electrons. The summed E-state index contributed by atoms with van der Waals surface area (Å²) in [5.74, 6) is -0.117. The zero-order valence-electron chi connectivity index (χ0n) is 13.9. The van der Waals surface area contributed by atoms with Gasteiger partial charge in [0, 0.05) is 29.8 Å². The van der Waals surface area contributed by atoms with E-state index in [0.717, 1.165) is 24.2 Å². The molecule has 2 saturated heterocycles. The van der Waals surface area contributed by atoms with E-state index in [9.17, 15) is 9.59 Å². The molecule has 6 nitrogen and oxygen atoms in total. The van der Waals surface area contributed by atoms with Crippen molar-refractivity contribution in [3.05, 3.63) is 28.8 Å². The van der Waals surface area contributed by atoms with Crippen molar-refractivity contribution < 1.29 is 9.59 Å². The molecule has 2 aliphatic rings. The number of hydrogen-bond acceptors (Lipinski definition) is 4. The first-order valence-corrected chi connectivity index (χ1v) is 8.65. The fourth-order valence-electron chi connectivity index (χ4n) is 3.45. The Bertz CT molecular complexity index is 651. The van der Waals surface area contributed by atoms with Crippen LogP contribution in [-0.4, -0.2) is 48.6 Å². The number of anilines is 1. The largest absolute Gasteiger partial charge is 0.341 e. The second kappa shape index (κ2) is 7.09. The first-order chi connectivity index (χ1) is 11.4. The number of nitrogens with one attached hydrogen (secondary N) is 3. The first kappa shape index (κ1) is 17.2. The summed E-state index contributed by atoms with van der Waals surface area (Å²) in [6.07, 6.45) is 0.880. The van der Waals surface area contributed by atoms with Crippen LogP contribution >= 0.6 is 11.6 Å². The maximum absolute atomic E-state index is 12.3. The summed E-state index contributed by atoms with van der Waals surface area (Å²) >= 11 is 6.08. The summed E-state index contributed by atoms with van der Waals surface area (Å²) in [7, 11) is 0. The van der Waals surface area contributed by atoms with Crippen LogP contribution in [0.2, 0.25) is 5.02 Å². The van der Waals surface area contributed by atoms with Crippen molar-refractivity contribution in [3.63, 3.8) is 0 Å². The molecule has 24 heavy (non-hydrogen) atoms. The van der Waals surface area contributed by atoms with Gasteiger partial charge in [0.05, 0.1) is 18.6 Å². The lowest BCUT2D eigenvalue weighted by Crippen LogP contribution is -2.65. The lowest BCUT2D eigenvalue weighted by atomic mass is 9.89. The van der Waals surface area contributed by atoms with Crippen LogP contribution in [0, 0.1) is 12.8 Å². The average molecular weight is 351 g/mol. The number of likely N-dealkylation sites (tertiary alicyclic amines) is 1. The molecule has 7 heteroatoms. The van der Waals surface area contributed by atoms with Gasteiger partial charge >= 0.3 is 0 Å². The van der Waals surface area contributed by atoms with E-state index in [0.29, 0.717) is 11.6 Å². The lowest BCUT2D eigenvalue weighted by molar-refractivity contribution is -0.132. The van der Waals surface area contributed by atoms with Gasteiger partial charge in [0.25, 0.3) is 0 Å². The number of fused-ring (bicyclic) bond motifs is 1. The van der Waals surface area contributed by atoms with Gasteiger partial charge in [-0.15, -0.1) is 0 Å². The van der Waals surface area contributed by atoms with E-state index in [4.69, 9.17) is 11.6 Å². The number of benzene rings is 1. The molecule has 2 fully saturated rings. The lowest BCUT2D eigenvalue weighted by Gasteiger charge is -2.42. The number of piperidine rings is 1. The molecule has 0 aromatic heterocycles. The number of carbonyl (C=O) groups excluding carboxylic acids is 2. The summed E-state index contributed by atoms with van der Waals surface area (Å²) in [5, 5.41) is 9.86. The SMILES string of the molecule is Cc1c(Cl)cccc1NC(=O)CN1CCC2NC(C)NC(=O)C2C1. The fourth-order valence-corrected chi connectivity index (χ4v) is 3.62. The summed E-state index contributed by atoms with van der Waals surface area (Å²) in [6.45, 7) is 5.50. The normalized spacial score (nSPS) is 27.3. The zero-order valence-corrected chi connectivity index (χ0v) is 14.7. The standard InChI is InChI=1S/C17H23ClN4O2/c1-10-13(18)4-3-5-14(10)21-16(23)9-22-7-6-15-12(8-22)17(24)20-11(2)19-15/h3-5,11-12,15,19H,6-9H2,1-2H3,(H,20,24)(H,21,23). The van der Waals surface area contributed by atoms with Gasteiger partial charge in [-0.3, -0.25) is 19.8 Å². The van der Waals surface area contributed by atoms with Gasteiger partial charge in [0.15, 0.2) is 0 Å². The summed E-state index contributed by atoms with van der Waals surface area (Å²) in [6, 6.07) is 5.65. The maximum Gasteiger partial charge on any atom is 0.238 e. The molecular weight excluding hydrogens is 328 g/mol. The molecule has 2 amide bonds. The van der Waals surface area contributed by atoms with E-state index < -0.39 is 0 Å². The number of carbonyl (C=O) groups is 2. The van der Waals surface area contributed by atoms with Crippen molar-refractivity contribution >= 4 is 29.1 Å². The Morgan fingerprint density at radius 2 is 2.25 bits per heavy atom. The number of amides is 2. The Morgan fingerprint density at radius 1 is 1.46 bits per heavy atom. The minimum absolute atomic E-state index is 0.0133. The number of hydrogen-bond donors (Lipinski definition) is 3. The Balaban J connectivity index is 1.58. The highest BCUT2D eigenvalue weighted by Gasteiger charge is 2.38. The van der Waals surface area contributed by atoms with Crippen molar-refractivity contribution in [1.29, 1.82) is 0 Å². The summed E-state index contributed by atoms with van der Waals surface area (Å²) in [4.78, 5) is 26.5. The van der Waals surface area contributed by atoms with Gasteiger partial charge in [-0.1, -0.05) is 17.7 Å². The quantitative estimate of drug-likeness (QED) is 0.769. The zero-order chi connectivity index (χ0) is 17.3. The van der Waals surface area contributed by atoms with Crippen molar-refractivity contribution in [2.24, 2.45) is 5.92 Å². The highest BCUT2D eigenvalue weighted by atomic mass is 35.5. The van der Waals surface area contributed by atoms with Crippen molar-refractivity contribution in [2.45, 2.75) is 32.5 Å². The molecular formula is C17H23ClN4O2. The minimum Gasteiger partial charge on any atom is -0.341 e. The van der Waals surface area contributed by atoms with Crippen LogP contribution in [-0.2, 0) is 9.59 Å². The number of nitrogens with zero attached hydrogens (tertiary/aromatic N) is 1. The molecule has 2 aliphatic heterocycles. The van der Waals surface area contributed by atoms with Gasteiger partial charge in [0.2, 0.25) is 11.8 Å². The van der Waals surface area contributed by atoms with Gasteiger partial charge in [0.1, 0.15) is 0 Å². The molecule has 0 bridgehead atoms. The predicted octanol–water partition coefficient (Wildman–Crippen LogP) is 1.34. The Labute approximate surface area is 146 Å². The monoisotopic (exact) mass is 350 g/mol. The third kappa shape index (κ3) is 3.71. The molecule has 3 N–H and O–H groups in total. The van der Waals surface area contributed by atoms with E-state index in [1.807, 2.05) is 30.9 Å². The van der Waals surface area contributed by atoms with E-state index in [1.165, 1.54) is 0 Å². The molecule has 0 saturated carbocycles. The van der Waals surface area contributed by atoms with Crippen molar-refractivity contribution in [1.82, 2.24) is 15.5 Å². The minimum atomic E-state index is -0.101. The molecule has 1 aromatic rings. The molecule has 2 heterocycles. The van der Waals surface area contributed by atoms with Crippen LogP contribution in [0.5, 0.6) is 0 Å². The first-order valence-electron chi connectivity index (χ1n) is 8.28. The maximum atomic E-state index is 12.3. The summed E-state index contributed by atoms with van der Waals surface area (Å²) < 4.78 is 0. The van der Waals surface area contributed by atoms with Gasteiger partial charge in [-0.25, -0.2) is 0 Å². The van der Waals surface area contributed by atoms with Crippen LogP contribution in [0.4, 0.5) is 5.69 Å². The third-order valence-electron chi connectivity index (χ3n) is 4.77. The summed E-state index contributed by atoms with van der Waals surface area (Å²) in [5.41, 5.74) is 1.59. The highest BCUT2D eigenvalue weighted by Crippen LogP contribution is 2.24. The number of rotatable bonds is 3. The fraction of sp³-hybridized carbons (Fsp3) is 0.529. The van der Waals surface area contributed by atoms with Crippen LogP contribution < -0.4 is 16.0 Å². The van der Waals surface area contributed by atoms with Gasteiger partial charge < -0.3 is 10.6 Å². The van der Waals surface area contributed by atoms with Gasteiger partial charge in [-0.05, 0) is 38.0 Å². The van der Waals surface area contributed by atoms with Gasteiger partial charge in [-0.2, -0.15) is 0 Å². The van der Waals surface area contributed by atoms with E-state index in [2.05, 4.69) is 16.0 Å². The Hall–Kier alpha value is -1.63.